The summed E-state index contributed by atoms with van der Waals surface area (Å²) in [5, 5.41) is 3.23. The van der Waals surface area contributed by atoms with E-state index in [1.165, 1.54) is 13.0 Å². The number of nitrogens with one attached hydrogen (secondary N) is 1. The van der Waals surface area contributed by atoms with E-state index in [1.807, 2.05) is 7.05 Å². The Morgan fingerprint density at radius 3 is 2.30 bits per heavy atom. The molecule has 1 nitrogen and oxygen atoms in total. The van der Waals surface area contributed by atoms with Crippen molar-refractivity contribution in [1.82, 2.24) is 5.32 Å². The van der Waals surface area contributed by atoms with Crippen LogP contribution in [0.4, 0.5) is 0 Å². The zero-order valence-corrected chi connectivity index (χ0v) is 9.19. The highest BCUT2D eigenvalue weighted by molar-refractivity contribution is 6.39. The van der Waals surface area contributed by atoms with Gasteiger partial charge in [0.25, 0.3) is 0 Å². The van der Waals surface area contributed by atoms with Gasteiger partial charge in [-0.25, -0.2) is 0 Å². The van der Waals surface area contributed by atoms with Crippen LogP contribution < -0.4 is 5.32 Å². The van der Waals surface area contributed by atoms with Gasteiger partial charge >= 0.3 is 0 Å². The highest BCUT2D eigenvalue weighted by atomic mass is 28.2. The normalized spacial score (nSPS) is 18.0. The molecule has 0 aromatic heterocycles. The minimum absolute atomic E-state index is 0.187. The molecule has 0 aliphatic carbocycles. The van der Waals surface area contributed by atoms with Crippen molar-refractivity contribution in [2.75, 3.05) is 13.6 Å². The SMILES string of the molecule is CCC(C)[SiH2]C(C)CNC. The van der Waals surface area contributed by atoms with Crippen LogP contribution in [0.5, 0.6) is 0 Å². The van der Waals surface area contributed by atoms with Crippen molar-refractivity contribution in [3.8, 4) is 0 Å². The summed E-state index contributed by atoms with van der Waals surface area (Å²) >= 11 is 0. The van der Waals surface area contributed by atoms with E-state index in [2.05, 4.69) is 26.1 Å². The Kier molecular flexibility index (Phi) is 6.03. The molecule has 10 heavy (non-hydrogen) atoms. The molecule has 2 heteroatoms. The van der Waals surface area contributed by atoms with Gasteiger partial charge in [0, 0.05) is 9.52 Å². The smallest absolute Gasteiger partial charge is 0.0273 e. The van der Waals surface area contributed by atoms with Crippen LogP contribution in [0.25, 0.3) is 0 Å². The molecule has 0 aliphatic heterocycles. The van der Waals surface area contributed by atoms with Crippen molar-refractivity contribution in [2.45, 2.75) is 38.3 Å². The second-order valence-electron chi connectivity index (χ2n) is 3.41. The van der Waals surface area contributed by atoms with E-state index in [0.717, 1.165) is 11.1 Å². The first kappa shape index (κ1) is 10.2. The molecule has 0 spiro atoms. The van der Waals surface area contributed by atoms with Crippen LogP contribution >= 0.6 is 0 Å². The van der Waals surface area contributed by atoms with Crippen LogP contribution in [-0.4, -0.2) is 23.1 Å². The fraction of sp³-hybridized carbons (Fsp3) is 1.00. The molecule has 2 atom stereocenters. The molecule has 62 valence electrons. The molecule has 1 N–H and O–H groups in total. The minimum atomic E-state index is 0.187. The van der Waals surface area contributed by atoms with Gasteiger partial charge in [-0.1, -0.05) is 32.7 Å². The van der Waals surface area contributed by atoms with Crippen LogP contribution in [0.3, 0.4) is 0 Å². The quantitative estimate of drug-likeness (QED) is 0.598. The molecule has 0 aromatic rings. The first-order valence-electron chi connectivity index (χ1n) is 4.35. The van der Waals surface area contributed by atoms with Crippen LogP contribution in [0, 0.1) is 0 Å². The van der Waals surface area contributed by atoms with Crippen molar-refractivity contribution in [3.63, 3.8) is 0 Å². The summed E-state index contributed by atoms with van der Waals surface area (Å²) in [6.07, 6.45) is 1.38. The van der Waals surface area contributed by atoms with Gasteiger partial charge in [-0.15, -0.1) is 0 Å². The van der Waals surface area contributed by atoms with Crippen LogP contribution in [0.15, 0.2) is 0 Å². The summed E-state index contributed by atoms with van der Waals surface area (Å²) in [5.41, 5.74) is 2.00. The summed E-state index contributed by atoms with van der Waals surface area (Å²) in [6.45, 7) is 8.27. The first-order chi connectivity index (χ1) is 4.70. The topological polar surface area (TPSA) is 12.0 Å². The molecule has 0 saturated heterocycles. The maximum absolute atomic E-state index is 3.23. The molecule has 0 bridgehead atoms. The average molecular weight is 159 g/mol. The Balaban J connectivity index is 3.27. The molecule has 0 aromatic carbocycles. The molecule has 0 saturated carbocycles. The lowest BCUT2D eigenvalue weighted by Gasteiger charge is -2.13. The second-order valence-corrected chi connectivity index (χ2v) is 6.67. The molecule has 0 fully saturated rings. The lowest BCUT2D eigenvalue weighted by Crippen LogP contribution is -2.18. The predicted molar refractivity (Wildman–Crippen MR) is 51.6 cm³/mol. The Hall–Kier alpha value is 0.177. The van der Waals surface area contributed by atoms with Crippen molar-refractivity contribution < 1.29 is 0 Å². The standard InChI is InChI=1S/C8H21NSi/c1-5-7(2)10-8(3)6-9-4/h7-9H,5-6,10H2,1-4H3. The lowest BCUT2D eigenvalue weighted by molar-refractivity contribution is 0.744. The monoisotopic (exact) mass is 159 g/mol. The average Bonchev–Trinajstić information content (AvgIpc) is 1.88. The summed E-state index contributed by atoms with van der Waals surface area (Å²) in [6, 6.07) is 0. The van der Waals surface area contributed by atoms with Gasteiger partial charge < -0.3 is 5.32 Å². The minimum Gasteiger partial charge on any atom is -0.320 e. The molecule has 0 amide bonds. The second kappa shape index (κ2) is 5.92. The Morgan fingerprint density at radius 2 is 1.90 bits per heavy atom. The van der Waals surface area contributed by atoms with Gasteiger partial charge in [0.15, 0.2) is 0 Å². The molecule has 0 rings (SSSR count). The van der Waals surface area contributed by atoms with Crippen LogP contribution in [-0.2, 0) is 0 Å². The molecular formula is C8H21NSi. The van der Waals surface area contributed by atoms with Gasteiger partial charge in [0.2, 0.25) is 0 Å². The lowest BCUT2D eigenvalue weighted by atomic mass is 10.4. The summed E-state index contributed by atoms with van der Waals surface area (Å²) in [4.78, 5) is 0. The third kappa shape index (κ3) is 5.00. The van der Waals surface area contributed by atoms with E-state index in [0.29, 0.717) is 0 Å². The summed E-state index contributed by atoms with van der Waals surface area (Å²) in [5.74, 6) is 0. The van der Waals surface area contributed by atoms with E-state index in [9.17, 15) is 0 Å². The molecule has 0 aliphatic rings. The van der Waals surface area contributed by atoms with Crippen LogP contribution in [0.1, 0.15) is 27.2 Å². The Labute approximate surface area is 67.4 Å². The van der Waals surface area contributed by atoms with Gasteiger partial charge in [-0.05, 0) is 19.1 Å². The van der Waals surface area contributed by atoms with E-state index in [1.54, 1.807) is 0 Å². The molecule has 2 unspecified atom stereocenters. The number of hydrogen-bond acceptors (Lipinski definition) is 1. The molecular weight excluding hydrogens is 138 g/mol. The van der Waals surface area contributed by atoms with Crippen molar-refractivity contribution >= 4 is 9.52 Å². The molecule has 0 heterocycles. The zero-order valence-electron chi connectivity index (χ0n) is 7.78. The fourth-order valence-corrected chi connectivity index (χ4v) is 3.45. The maximum atomic E-state index is 3.23. The first-order valence-corrected chi connectivity index (χ1v) is 5.98. The molecule has 0 radical (unpaired) electrons. The van der Waals surface area contributed by atoms with Crippen molar-refractivity contribution in [1.29, 1.82) is 0 Å². The van der Waals surface area contributed by atoms with Gasteiger partial charge in [0.05, 0.1) is 0 Å². The highest BCUT2D eigenvalue weighted by Gasteiger charge is 2.05. The highest BCUT2D eigenvalue weighted by Crippen LogP contribution is 2.13. The van der Waals surface area contributed by atoms with E-state index < -0.39 is 0 Å². The maximum Gasteiger partial charge on any atom is 0.0273 e. The predicted octanol–water partition coefficient (Wildman–Crippen LogP) is 1.40. The van der Waals surface area contributed by atoms with E-state index in [-0.39, 0.29) is 9.52 Å². The van der Waals surface area contributed by atoms with Crippen LogP contribution in [0.2, 0.25) is 11.1 Å². The van der Waals surface area contributed by atoms with Crippen molar-refractivity contribution in [3.05, 3.63) is 0 Å². The Morgan fingerprint density at radius 1 is 1.30 bits per heavy atom. The zero-order chi connectivity index (χ0) is 7.98. The van der Waals surface area contributed by atoms with Gasteiger partial charge in [-0.2, -0.15) is 0 Å². The van der Waals surface area contributed by atoms with Gasteiger partial charge in [-0.3, -0.25) is 0 Å². The Bertz CT molecular complexity index is 75.7. The van der Waals surface area contributed by atoms with E-state index >= 15 is 0 Å². The summed E-state index contributed by atoms with van der Waals surface area (Å²) < 4.78 is 0. The summed E-state index contributed by atoms with van der Waals surface area (Å²) in [7, 11) is 2.23. The number of rotatable bonds is 5. The largest absolute Gasteiger partial charge is 0.320 e. The fourth-order valence-electron chi connectivity index (χ4n) is 1.29. The van der Waals surface area contributed by atoms with Crippen molar-refractivity contribution in [2.24, 2.45) is 0 Å². The third-order valence-electron chi connectivity index (χ3n) is 2.05. The van der Waals surface area contributed by atoms with E-state index in [4.69, 9.17) is 0 Å². The number of hydrogen-bond donors (Lipinski definition) is 1. The van der Waals surface area contributed by atoms with Gasteiger partial charge in [0.1, 0.15) is 0 Å². The third-order valence-corrected chi connectivity index (χ3v) is 4.53.